The predicted molar refractivity (Wildman–Crippen MR) is 71.4 cm³/mol. The Labute approximate surface area is 126 Å². The van der Waals surface area contributed by atoms with Crippen LogP contribution in [0.3, 0.4) is 0 Å². The van der Waals surface area contributed by atoms with Gasteiger partial charge in [0.15, 0.2) is 0 Å². The maximum atomic E-state index is 11.1. The van der Waals surface area contributed by atoms with Gasteiger partial charge < -0.3 is 4.98 Å². The number of hydrogen-bond acceptors (Lipinski definition) is 2. The molecule has 1 radical (unpaired) electrons. The number of benzene rings is 2. The van der Waals surface area contributed by atoms with Crippen LogP contribution < -0.4 is 0 Å². The van der Waals surface area contributed by atoms with Gasteiger partial charge >= 0.3 is 0 Å². The molecular weight excluding hydrogens is 261 g/mol. The van der Waals surface area contributed by atoms with E-state index in [0.29, 0.717) is 0 Å². The summed E-state index contributed by atoms with van der Waals surface area (Å²) in [5.41, 5.74) is 1.79. The van der Waals surface area contributed by atoms with Gasteiger partial charge in [-0.3, -0.25) is 4.55 Å². The van der Waals surface area contributed by atoms with E-state index in [1.54, 1.807) is 6.07 Å². The third kappa shape index (κ3) is 2.20. The number of nitrogens with one attached hydrogen (secondary N) is 1. The summed E-state index contributed by atoms with van der Waals surface area (Å²) in [5.74, 6) is 0. The quantitative estimate of drug-likeness (QED) is 0.526. The summed E-state index contributed by atoms with van der Waals surface area (Å²) in [6, 6.07) is 12.1. The van der Waals surface area contributed by atoms with Gasteiger partial charge in [-0.15, -0.1) is 0 Å². The van der Waals surface area contributed by atoms with Crippen molar-refractivity contribution in [3.05, 3.63) is 42.5 Å². The number of hydrogen-bond donors (Lipinski definition) is 2. The van der Waals surface area contributed by atoms with Crippen LogP contribution in [0.1, 0.15) is 0 Å². The molecule has 0 saturated heterocycles. The van der Waals surface area contributed by atoms with Crippen molar-refractivity contribution in [3.8, 4) is 0 Å². The molecule has 0 aliphatic carbocycles. The SMILES string of the molecule is O=S(=O)(O)c1ccc2[nH]c3ccccc3c2c1.[Na]. The van der Waals surface area contributed by atoms with E-state index < -0.39 is 10.1 Å². The van der Waals surface area contributed by atoms with E-state index in [2.05, 4.69) is 4.98 Å². The van der Waals surface area contributed by atoms with Crippen LogP contribution in [0.15, 0.2) is 47.4 Å². The zero-order valence-corrected chi connectivity index (χ0v) is 12.5. The Morgan fingerprint density at radius 2 is 1.61 bits per heavy atom. The molecule has 2 aromatic carbocycles. The average Bonchev–Trinajstić information content (AvgIpc) is 2.65. The van der Waals surface area contributed by atoms with Crippen molar-refractivity contribution in [1.82, 2.24) is 4.98 Å². The van der Waals surface area contributed by atoms with E-state index in [0.717, 1.165) is 21.8 Å². The van der Waals surface area contributed by atoms with Gasteiger partial charge in [-0.25, -0.2) is 0 Å². The molecule has 6 heteroatoms. The molecule has 87 valence electrons. The number of aromatic amines is 1. The van der Waals surface area contributed by atoms with Gasteiger partial charge in [0.05, 0.1) is 4.90 Å². The molecule has 3 rings (SSSR count). The van der Waals surface area contributed by atoms with Gasteiger partial charge in [0.2, 0.25) is 0 Å². The Morgan fingerprint density at radius 3 is 2.33 bits per heavy atom. The summed E-state index contributed by atoms with van der Waals surface area (Å²) in [7, 11) is -4.15. The molecule has 3 aromatic rings. The Morgan fingerprint density at radius 1 is 0.944 bits per heavy atom. The third-order valence-electron chi connectivity index (χ3n) is 2.78. The molecule has 4 nitrogen and oxygen atoms in total. The Balaban J connectivity index is 0.00000120. The summed E-state index contributed by atoms with van der Waals surface area (Å²) in [4.78, 5) is 3.09. The molecule has 2 N–H and O–H groups in total. The van der Waals surface area contributed by atoms with Gasteiger partial charge in [0.25, 0.3) is 10.1 Å². The van der Waals surface area contributed by atoms with Crippen molar-refractivity contribution in [3.63, 3.8) is 0 Å². The first-order valence-electron chi connectivity index (χ1n) is 5.04. The van der Waals surface area contributed by atoms with E-state index in [9.17, 15) is 8.42 Å². The summed E-state index contributed by atoms with van der Waals surface area (Å²) in [6.07, 6.45) is 0. The zero-order chi connectivity index (χ0) is 12.0. The van der Waals surface area contributed by atoms with Crippen LogP contribution in [0.4, 0.5) is 0 Å². The Kier molecular flexibility index (Phi) is 3.53. The molecule has 1 aromatic heterocycles. The van der Waals surface area contributed by atoms with Crippen LogP contribution in [0.5, 0.6) is 0 Å². The smallest absolute Gasteiger partial charge is 0.294 e. The molecular formula is C12H9NNaO3S. The van der Waals surface area contributed by atoms with E-state index in [1.807, 2.05) is 24.3 Å². The maximum absolute atomic E-state index is 11.1. The molecule has 18 heavy (non-hydrogen) atoms. The first kappa shape index (κ1) is 13.6. The summed E-state index contributed by atoms with van der Waals surface area (Å²) < 4.78 is 31.2. The van der Waals surface area contributed by atoms with Crippen molar-refractivity contribution in [2.45, 2.75) is 4.90 Å². The molecule has 1 heterocycles. The fourth-order valence-corrected chi connectivity index (χ4v) is 2.49. The van der Waals surface area contributed by atoms with E-state index in [4.69, 9.17) is 4.55 Å². The fourth-order valence-electron chi connectivity index (χ4n) is 1.99. The van der Waals surface area contributed by atoms with Crippen molar-refractivity contribution in [2.75, 3.05) is 0 Å². The topological polar surface area (TPSA) is 70.2 Å². The number of fused-ring (bicyclic) bond motifs is 3. The fraction of sp³-hybridized carbons (Fsp3) is 0. The van der Waals surface area contributed by atoms with Gasteiger partial charge in [-0.2, -0.15) is 8.42 Å². The standard InChI is InChI=1S/C12H9NO3S.Na/c14-17(15,16)8-5-6-12-10(7-8)9-3-1-2-4-11(9)13-12;/h1-7,13H,(H,14,15,16);. The predicted octanol–water partition coefficient (Wildman–Crippen LogP) is 2.19. The normalized spacial score (nSPS) is 11.6. The summed E-state index contributed by atoms with van der Waals surface area (Å²) in [6.45, 7) is 0. The Bertz CT molecular complexity index is 824. The third-order valence-corrected chi connectivity index (χ3v) is 3.63. The van der Waals surface area contributed by atoms with E-state index >= 15 is 0 Å². The molecule has 0 unspecified atom stereocenters. The van der Waals surface area contributed by atoms with Gasteiger partial charge in [0.1, 0.15) is 0 Å². The molecule has 0 aliphatic heterocycles. The molecule has 0 bridgehead atoms. The minimum atomic E-state index is -4.15. The molecule has 0 spiro atoms. The van der Waals surface area contributed by atoms with Gasteiger partial charge in [0, 0.05) is 51.4 Å². The van der Waals surface area contributed by atoms with Crippen LogP contribution in [0, 0.1) is 0 Å². The zero-order valence-electron chi connectivity index (χ0n) is 9.71. The summed E-state index contributed by atoms with van der Waals surface area (Å²) >= 11 is 0. The van der Waals surface area contributed by atoms with Gasteiger partial charge in [-0.1, -0.05) is 18.2 Å². The second-order valence-corrected chi connectivity index (χ2v) is 5.27. The minimum absolute atomic E-state index is 0. The average molecular weight is 270 g/mol. The van der Waals surface area contributed by atoms with E-state index in [-0.39, 0.29) is 34.5 Å². The largest absolute Gasteiger partial charge is 0.355 e. The maximum Gasteiger partial charge on any atom is 0.294 e. The minimum Gasteiger partial charge on any atom is -0.355 e. The van der Waals surface area contributed by atoms with Crippen molar-refractivity contribution in [1.29, 1.82) is 0 Å². The number of rotatable bonds is 1. The molecule has 0 amide bonds. The van der Waals surface area contributed by atoms with Crippen molar-refractivity contribution < 1.29 is 13.0 Å². The van der Waals surface area contributed by atoms with Crippen molar-refractivity contribution >= 4 is 61.5 Å². The molecule has 0 atom stereocenters. The van der Waals surface area contributed by atoms with Gasteiger partial charge in [-0.05, 0) is 24.3 Å². The van der Waals surface area contributed by atoms with E-state index in [1.165, 1.54) is 12.1 Å². The number of para-hydroxylation sites is 1. The second-order valence-electron chi connectivity index (χ2n) is 3.85. The van der Waals surface area contributed by atoms with Crippen LogP contribution in [0.25, 0.3) is 21.8 Å². The van der Waals surface area contributed by atoms with Crippen molar-refractivity contribution in [2.24, 2.45) is 0 Å². The second kappa shape index (κ2) is 4.68. The Hall–Kier alpha value is -0.850. The number of H-pyrrole nitrogens is 1. The van der Waals surface area contributed by atoms with Crippen LogP contribution in [-0.4, -0.2) is 47.5 Å². The first-order chi connectivity index (χ1) is 8.05. The number of aromatic nitrogens is 1. The first-order valence-corrected chi connectivity index (χ1v) is 6.48. The van der Waals surface area contributed by atoms with Crippen LogP contribution in [0.2, 0.25) is 0 Å². The molecule has 0 fully saturated rings. The molecule has 0 saturated carbocycles. The van der Waals surface area contributed by atoms with Crippen LogP contribution >= 0.6 is 0 Å². The molecule has 0 aliphatic rings. The monoisotopic (exact) mass is 270 g/mol. The summed E-state index contributed by atoms with van der Waals surface area (Å²) in [5, 5.41) is 1.73. The van der Waals surface area contributed by atoms with Crippen LogP contribution in [-0.2, 0) is 10.1 Å².